The molecule has 116 valence electrons. The van der Waals surface area contributed by atoms with Crippen molar-refractivity contribution in [2.75, 3.05) is 19.7 Å². The molecule has 2 rings (SSSR count). The second kappa shape index (κ2) is 6.02. The Morgan fingerprint density at radius 2 is 2.19 bits per heavy atom. The van der Waals surface area contributed by atoms with Crippen LogP contribution in [0.1, 0.15) is 38.4 Å². The van der Waals surface area contributed by atoms with Gasteiger partial charge in [0, 0.05) is 13.1 Å². The summed E-state index contributed by atoms with van der Waals surface area (Å²) in [5, 5.41) is 17.9. The van der Waals surface area contributed by atoms with Crippen LogP contribution in [0.5, 0.6) is 5.75 Å². The molecule has 1 aromatic rings. The van der Waals surface area contributed by atoms with E-state index in [1.807, 2.05) is 17.9 Å². The van der Waals surface area contributed by atoms with Gasteiger partial charge in [-0.3, -0.25) is 5.41 Å². The van der Waals surface area contributed by atoms with E-state index in [0.29, 0.717) is 37.1 Å². The number of β-amino-alcohol motifs (C(OH)–C–C–N with tert-alkyl or cyclic N) is 1. The van der Waals surface area contributed by atoms with E-state index in [9.17, 15) is 5.11 Å². The molecule has 0 spiro atoms. The van der Waals surface area contributed by atoms with Gasteiger partial charge in [-0.2, -0.15) is 0 Å². The highest BCUT2D eigenvalue weighted by molar-refractivity contribution is 5.96. The van der Waals surface area contributed by atoms with Crippen LogP contribution in [0.2, 0.25) is 0 Å². The molecular weight excluding hydrogens is 266 g/mol. The Bertz CT molecular complexity index is 518. The van der Waals surface area contributed by atoms with Gasteiger partial charge in [0.2, 0.25) is 0 Å². The van der Waals surface area contributed by atoms with E-state index >= 15 is 0 Å². The summed E-state index contributed by atoms with van der Waals surface area (Å²) in [4.78, 5) is 6.18. The van der Waals surface area contributed by atoms with Crippen molar-refractivity contribution >= 4 is 5.84 Å². The molecule has 1 aliphatic heterocycles. The van der Waals surface area contributed by atoms with Gasteiger partial charge in [0.25, 0.3) is 0 Å². The first-order valence-corrected chi connectivity index (χ1v) is 7.44. The summed E-state index contributed by atoms with van der Waals surface area (Å²) < 4.78 is 5.68. The summed E-state index contributed by atoms with van der Waals surface area (Å²) in [6.45, 7) is 9.70. The SMILES string of the molecule is Cc1cc(OCCC(C)C)cnc1C(=N)N1CC(C)(O)C1. The standard InChI is InChI=1S/C16H25N3O2/c1-11(2)5-6-21-13-7-12(3)14(18-8-13)15(17)19-9-16(4,20)10-19/h7-8,11,17,20H,5-6,9-10H2,1-4H3. The van der Waals surface area contributed by atoms with Gasteiger partial charge in [0.05, 0.1) is 18.4 Å². The maximum atomic E-state index is 9.76. The Morgan fingerprint density at radius 1 is 1.52 bits per heavy atom. The van der Waals surface area contributed by atoms with Gasteiger partial charge in [-0.25, -0.2) is 4.98 Å². The quantitative estimate of drug-likeness (QED) is 0.644. The number of aryl methyl sites for hydroxylation is 1. The average Bonchev–Trinajstić information content (AvgIpc) is 2.35. The lowest BCUT2D eigenvalue weighted by Crippen LogP contribution is -2.61. The normalized spacial score (nSPS) is 16.8. The second-order valence-corrected chi connectivity index (χ2v) is 6.57. The van der Waals surface area contributed by atoms with Crippen molar-refractivity contribution in [3.8, 4) is 5.75 Å². The Kier molecular flexibility index (Phi) is 4.52. The monoisotopic (exact) mass is 291 g/mol. The van der Waals surface area contributed by atoms with Crippen LogP contribution < -0.4 is 4.74 Å². The Morgan fingerprint density at radius 3 is 2.71 bits per heavy atom. The molecule has 1 aromatic heterocycles. The largest absolute Gasteiger partial charge is 0.492 e. The summed E-state index contributed by atoms with van der Waals surface area (Å²) in [6.07, 6.45) is 2.69. The number of amidine groups is 1. The van der Waals surface area contributed by atoms with E-state index in [0.717, 1.165) is 17.7 Å². The van der Waals surface area contributed by atoms with E-state index in [2.05, 4.69) is 18.8 Å². The molecule has 5 heteroatoms. The maximum Gasteiger partial charge on any atom is 0.147 e. The van der Waals surface area contributed by atoms with Crippen LogP contribution in [0.3, 0.4) is 0 Å². The number of pyridine rings is 1. The van der Waals surface area contributed by atoms with Gasteiger partial charge < -0.3 is 14.7 Å². The van der Waals surface area contributed by atoms with Crippen LogP contribution in [-0.2, 0) is 0 Å². The highest BCUT2D eigenvalue weighted by atomic mass is 16.5. The molecular formula is C16H25N3O2. The molecule has 0 amide bonds. The Hall–Kier alpha value is -1.62. The summed E-state index contributed by atoms with van der Waals surface area (Å²) in [6, 6.07) is 1.93. The summed E-state index contributed by atoms with van der Waals surface area (Å²) in [5.41, 5.74) is 0.899. The van der Waals surface area contributed by atoms with E-state index in [1.54, 1.807) is 13.1 Å². The lowest BCUT2D eigenvalue weighted by Gasteiger charge is -2.45. The molecule has 2 heterocycles. The second-order valence-electron chi connectivity index (χ2n) is 6.57. The number of nitrogens with one attached hydrogen (secondary N) is 1. The minimum atomic E-state index is -0.680. The van der Waals surface area contributed by atoms with Crippen LogP contribution in [0.4, 0.5) is 0 Å². The first-order valence-electron chi connectivity index (χ1n) is 7.44. The number of likely N-dealkylation sites (tertiary alicyclic amines) is 1. The van der Waals surface area contributed by atoms with Crippen molar-refractivity contribution in [2.24, 2.45) is 5.92 Å². The molecule has 0 bridgehead atoms. The van der Waals surface area contributed by atoms with Crippen molar-refractivity contribution in [1.29, 1.82) is 5.41 Å². The van der Waals surface area contributed by atoms with Gasteiger partial charge >= 0.3 is 0 Å². The van der Waals surface area contributed by atoms with Crippen LogP contribution >= 0.6 is 0 Å². The van der Waals surface area contributed by atoms with Gasteiger partial charge in [0.15, 0.2) is 0 Å². The lowest BCUT2D eigenvalue weighted by molar-refractivity contribution is -0.0498. The topological polar surface area (TPSA) is 69.4 Å². The minimum absolute atomic E-state index is 0.368. The number of ether oxygens (including phenoxy) is 1. The molecule has 2 N–H and O–H groups in total. The molecule has 1 aliphatic rings. The van der Waals surface area contributed by atoms with Crippen molar-refractivity contribution in [2.45, 2.75) is 39.7 Å². The van der Waals surface area contributed by atoms with E-state index in [-0.39, 0.29) is 0 Å². The fourth-order valence-electron chi connectivity index (χ4n) is 2.37. The highest BCUT2D eigenvalue weighted by Gasteiger charge is 2.38. The van der Waals surface area contributed by atoms with Gasteiger partial charge in [-0.1, -0.05) is 13.8 Å². The summed E-state index contributed by atoms with van der Waals surface area (Å²) in [5.74, 6) is 1.73. The van der Waals surface area contributed by atoms with Gasteiger partial charge in [0.1, 0.15) is 17.3 Å². The fraction of sp³-hybridized carbons (Fsp3) is 0.625. The zero-order valence-corrected chi connectivity index (χ0v) is 13.3. The maximum absolute atomic E-state index is 9.76. The number of nitrogens with zero attached hydrogens (tertiary/aromatic N) is 2. The van der Waals surface area contributed by atoms with E-state index < -0.39 is 5.60 Å². The van der Waals surface area contributed by atoms with Gasteiger partial charge in [-0.15, -0.1) is 0 Å². The third-order valence-corrected chi connectivity index (χ3v) is 3.62. The number of rotatable bonds is 5. The third-order valence-electron chi connectivity index (χ3n) is 3.62. The zero-order chi connectivity index (χ0) is 15.6. The molecule has 0 saturated carbocycles. The first kappa shape index (κ1) is 15.8. The lowest BCUT2D eigenvalue weighted by atomic mass is 9.96. The Labute approximate surface area is 126 Å². The van der Waals surface area contributed by atoms with Crippen molar-refractivity contribution < 1.29 is 9.84 Å². The molecule has 5 nitrogen and oxygen atoms in total. The Balaban J connectivity index is 1.97. The van der Waals surface area contributed by atoms with Crippen LogP contribution in [0, 0.1) is 18.3 Å². The predicted molar refractivity (Wildman–Crippen MR) is 82.9 cm³/mol. The third kappa shape index (κ3) is 3.94. The molecule has 1 saturated heterocycles. The smallest absolute Gasteiger partial charge is 0.147 e. The summed E-state index contributed by atoms with van der Waals surface area (Å²) in [7, 11) is 0. The minimum Gasteiger partial charge on any atom is -0.492 e. The molecule has 1 fully saturated rings. The van der Waals surface area contributed by atoms with E-state index in [4.69, 9.17) is 10.1 Å². The van der Waals surface area contributed by atoms with Crippen LogP contribution in [0.25, 0.3) is 0 Å². The zero-order valence-electron chi connectivity index (χ0n) is 13.3. The number of aliphatic hydroxyl groups is 1. The molecule has 0 radical (unpaired) electrons. The number of hydrogen-bond acceptors (Lipinski definition) is 4. The van der Waals surface area contributed by atoms with Crippen molar-refractivity contribution in [1.82, 2.24) is 9.88 Å². The number of hydrogen-bond donors (Lipinski definition) is 2. The molecule has 0 atom stereocenters. The van der Waals surface area contributed by atoms with Crippen LogP contribution in [0.15, 0.2) is 12.3 Å². The van der Waals surface area contributed by atoms with Crippen LogP contribution in [-0.4, -0.2) is 46.1 Å². The fourth-order valence-corrected chi connectivity index (χ4v) is 2.37. The van der Waals surface area contributed by atoms with Gasteiger partial charge in [-0.05, 0) is 37.8 Å². The highest BCUT2D eigenvalue weighted by Crippen LogP contribution is 2.23. The molecule has 0 aromatic carbocycles. The average molecular weight is 291 g/mol. The predicted octanol–water partition coefficient (Wildman–Crippen LogP) is 2.21. The summed E-state index contributed by atoms with van der Waals surface area (Å²) >= 11 is 0. The van der Waals surface area contributed by atoms with E-state index in [1.165, 1.54) is 0 Å². The van der Waals surface area contributed by atoms with Crippen molar-refractivity contribution in [3.05, 3.63) is 23.5 Å². The molecule has 0 unspecified atom stereocenters. The molecule has 21 heavy (non-hydrogen) atoms. The number of aromatic nitrogens is 1. The van der Waals surface area contributed by atoms with Crippen molar-refractivity contribution in [3.63, 3.8) is 0 Å². The first-order chi connectivity index (χ1) is 9.78. The molecule has 0 aliphatic carbocycles.